The maximum absolute atomic E-state index is 9.62. The molecule has 1 atom stereocenters. The molecule has 1 rings (SSSR count). The summed E-state index contributed by atoms with van der Waals surface area (Å²) in [5, 5.41) is 13.1. The lowest BCUT2D eigenvalue weighted by Gasteiger charge is -2.30. The van der Waals surface area contributed by atoms with Gasteiger partial charge in [0.2, 0.25) is 0 Å². The third-order valence-electron chi connectivity index (χ3n) is 3.06. The zero-order chi connectivity index (χ0) is 13.6. The second kappa shape index (κ2) is 6.76. The van der Waals surface area contributed by atoms with Crippen LogP contribution in [0.3, 0.4) is 0 Å². The summed E-state index contributed by atoms with van der Waals surface area (Å²) in [6.45, 7) is 7.37. The van der Waals surface area contributed by atoms with Gasteiger partial charge in [0.05, 0.1) is 13.7 Å². The van der Waals surface area contributed by atoms with Gasteiger partial charge in [-0.25, -0.2) is 0 Å². The van der Waals surface area contributed by atoms with Crippen molar-refractivity contribution >= 4 is 0 Å². The van der Waals surface area contributed by atoms with Gasteiger partial charge in [0.15, 0.2) is 0 Å². The van der Waals surface area contributed by atoms with Gasteiger partial charge in [-0.1, -0.05) is 32.0 Å². The summed E-state index contributed by atoms with van der Waals surface area (Å²) in [4.78, 5) is 0. The molecule has 0 spiro atoms. The van der Waals surface area contributed by atoms with Crippen LogP contribution >= 0.6 is 0 Å². The van der Waals surface area contributed by atoms with E-state index in [-0.39, 0.29) is 12.1 Å². The van der Waals surface area contributed by atoms with Crippen molar-refractivity contribution in [1.29, 1.82) is 0 Å². The van der Waals surface area contributed by atoms with Gasteiger partial charge in [0.1, 0.15) is 5.75 Å². The Morgan fingerprint density at radius 1 is 1.33 bits per heavy atom. The van der Waals surface area contributed by atoms with Crippen LogP contribution in [-0.2, 0) is 6.42 Å². The summed E-state index contributed by atoms with van der Waals surface area (Å²) in [7, 11) is 1.68. The highest BCUT2D eigenvalue weighted by molar-refractivity contribution is 5.34. The molecular weight excluding hydrogens is 226 g/mol. The van der Waals surface area contributed by atoms with Gasteiger partial charge in [-0.15, -0.1) is 0 Å². The molecule has 0 bridgehead atoms. The maximum atomic E-state index is 9.62. The number of methoxy groups -OCH3 is 1. The summed E-state index contributed by atoms with van der Waals surface area (Å²) in [5.41, 5.74) is 0.812. The van der Waals surface area contributed by atoms with Crippen molar-refractivity contribution in [2.24, 2.45) is 5.92 Å². The molecule has 0 unspecified atom stereocenters. The van der Waals surface area contributed by atoms with Gasteiger partial charge in [0, 0.05) is 5.54 Å². The first-order valence-corrected chi connectivity index (χ1v) is 6.48. The fraction of sp³-hybridized carbons (Fsp3) is 0.600. The van der Waals surface area contributed by atoms with Gasteiger partial charge in [-0.05, 0) is 37.4 Å². The molecule has 1 aromatic rings. The molecule has 2 N–H and O–H groups in total. The lowest BCUT2D eigenvalue weighted by molar-refractivity contribution is 0.169. The van der Waals surface area contributed by atoms with Crippen molar-refractivity contribution in [2.45, 2.75) is 32.7 Å². The van der Waals surface area contributed by atoms with E-state index in [9.17, 15) is 5.11 Å². The Kier molecular flexibility index (Phi) is 5.63. The fourth-order valence-corrected chi connectivity index (χ4v) is 1.89. The van der Waals surface area contributed by atoms with Gasteiger partial charge in [0.25, 0.3) is 0 Å². The number of hydrogen-bond donors (Lipinski definition) is 2. The normalized spacial score (nSPS) is 14.6. The number of ether oxygens (including phenoxy) is 1. The maximum Gasteiger partial charge on any atom is 0.122 e. The predicted octanol–water partition coefficient (Wildman–Crippen LogP) is 2.23. The topological polar surface area (TPSA) is 41.5 Å². The Morgan fingerprint density at radius 2 is 2.00 bits per heavy atom. The largest absolute Gasteiger partial charge is 0.496 e. The lowest BCUT2D eigenvalue weighted by Crippen LogP contribution is -2.49. The van der Waals surface area contributed by atoms with E-state index in [0.717, 1.165) is 24.3 Å². The molecule has 0 aromatic heterocycles. The fourth-order valence-electron chi connectivity index (χ4n) is 1.89. The molecular formula is C15H25NO2. The highest BCUT2D eigenvalue weighted by Crippen LogP contribution is 2.22. The molecule has 0 amide bonds. The summed E-state index contributed by atoms with van der Waals surface area (Å²) in [6.07, 6.45) is 0.750. The van der Waals surface area contributed by atoms with Gasteiger partial charge < -0.3 is 15.2 Å². The molecule has 18 heavy (non-hydrogen) atoms. The van der Waals surface area contributed by atoms with Crippen LogP contribution in [-0.4, -0.2) is 30.9 Å². The minimum absolute atomic E-state index is 0.109. The third-order valence-corrected chi connectivity index (χ3v) is 3.06. The highest BCUT2D eigenvalue weighted by Gasteiger charge is 2.24. The lowest BCUT2D eigenvalue weighted by atomic mass is 9.92. The molecule has 0 heterocycles. The Labute approximate surface area is 110 Å². The van der Waals surface area contributed by atoms with E-state index in [4.69, 9.17) is 4.74 Å². The minimum Gasteiger partial charge on any atom is -0.496 e. The van der Waals surface area contributed by atoms with E-state index in [1.165, 1.54) is 0 Å². The third kappa shape index (κ3) is 4.31. The Hall–Kier alpha value is -1.06. The summed E-state index contributed by atoms with van der Waals surface area (Å²) in [6, 6.07) is 7.96. The van der Waals surface area contributed by atoms with Crippen molar-refractivity contribution in [3.05, 3.63) is 29.8 Å². The van der Waals surface area contributed by atoms with Gasteiger partial charge in [-0.2, -0.15) is 0 Å². The molecule has 3 nitrogen and oxygen atoms in total. The first-order chi connectivity index (χ1) is 8.50. The van der Waals surface area contributed by atoms with Crippen molar-refractivity contribution < 1.29 is 9.84 Å². The number of aliphatic hydroxyl groups excluding tert-OH is 1. The zero-order valence-electron chi connectivity index (χ0n) is 11.9. The molecule has 0 fully saturated rings. The minimum atomic E-state index is -0.307. The van der Waals surface area contributed by atoms with Crippen molar-refractivity contribution in [2.75, 3.05) is 20.3 Å². The van der Waals surface area contributed by atoms with Crippen LogP contribution < -0.4 is 10.1 Å². The van der Waals surface area contributed by atoms with Crippen molar-refractivity contribution in [1.82, 2.24) is 5.32 Å². The average Bonchev–Trinajstić information content (AvgIpc) is 2.37. The van der Waals surface area contributed by atoms with Crippen LogP contribution in [0.1, 0.15) is 26.3 Å². The quantitative estimate of drug-likeness (QED) is 0.781. The van der Waals surface area contributed by atoms with Crippen molar-refractivity contribution in [3.63, 3.8) is 0 Å². The van der Waals surface area contributed by atoms with E-state index in [1.807, 2.05) is 31.2 Å². The number of nitrogens with one attached hydrogen (secondary N) is 1. The van der Waals surface area contributed by atoms with E-state index in [1.54, 1.807) is 7.11 Å². The predicted molar refractivity (Wildman–Crippen MR) is 75.0 cm³/mol. The number of aliphatic hydroxyl groups is 1. The second-order valence-electron chi connectivity index (χ2n) is 5.48. The number of para-hydroxylation sites is 1. The van der Waals surface area contributed by atoms with Gasteiger partial charge >= 0.3 is 0 Å². The van der Waals surface area contributed by atoms with E-state index >= 15 is 0 Å². The highest BCUT2D eigenvalue weighted by atomic mass is 16.5. The molecule has 0 aliphatic carbocycles. The molecule has 0 radical (unpaired) electrons. The Balaban J connectivity index is 2.77. The van der Waals surface area contributed by atoms with Crippen LogP contribution in [0.4, 0.5) is 0 Å². The summed E-state index contributed by atoms with van der Waals surface area (Å²) < 4.78 is 5.35. The first kappa shape index (κ1) is 15.0. The molecule has 0 saturated carbocycles. The molecule has 102 valence electrons. The molecule has 0 saturated heterocycles. The molecule has 0 aliphatic heterocycles. The van der Waals surface area contributed by atoms with Crippen LogP contribution in [0.15, 0.2) is 24.3 Å². The molecule has 0 aliphatic rings. The summed E-state index contributed by atoms with van der Waals surface area (Å²) >= 11 is 0. The Morgan fingerprint density at radius 3 is 2.56 bits per heavy atom. The standard InChI is InChI=1S/C15H25NO2/c1-12(2)10-16-15(3,11-17)9-13-7-5-6-8-14(13)18-4/h5-8,12,16-17H,9-11H2,1-4H3/t15-/m1/s1. The van der Waals surface area contributed by atoms with Crippen molar-refractivity contribution in [3.8, 4) is 5.75 Å². The zero-order valence-corrected chi connectivity index (χ0v) is 11.9. The number of rotatable bonds is 7. The molecule has 3 heteroatoms. The van der Waals surface area contributed by atoms with Gasteiger partial charge in [-0.3, -0.25) is 0 Å². The van der Waals surface area contributed by atoms with E-state index in [0.29, 0.717) is 5.92 Å². The van der Waals surface area contributed by atoms with Crippen LogP contribution in [0.25, 0.3) is 0 Å². The second-order valence-corrected chi connectivity index (χ2v) is 5.48. The van der Waals surface area contributed by atoms with Crippen LogP contribution in [0.2, 0.25) is 0 Å². The monoisotopic (exact) mass is 251 g/mol. The summed E-state index contributed by atoms with van der Waals surface area (Å²) in [5.74, 6) is 1.44. The van der Waals surface area contributed by atoms with E-state index < -0.39 is 0 Å². The molecule has 1 aromatic carbocycles. The Bertz CT molecular complexity index is 365. The van der Waals surface area contributed by atoms with Crippen LogP contribution in [0.5, 0.6) is 5.75 Å². The number of hydrogen-bond acceptors (Lipinski definition) is 3. The number of benzene rings is 1. The smallest absolute Gasteiger partial charge is 0.122 e. The SMILES string of the molecule is COc1ccccc1C[C@](C)(CO)NCC(C)C. The van der Waals surface area contributed by atoms with E-state index in [2.05, 4.69) is 19.2 Å². The van der Waals surface area contributed by atoms with Crippen LogP contribution in [0, 0.1) is 5.92 Å². The first-order valence-electron chi connectivity index (χ1n) is 6.48. The average molecular weight is 251 g/mol.